The van der Waals surface area contributed by atoms with Crippen molar-refractivity contribution in [3.63, 3.8) is 0 Å². The number of aliphatic hydroxyl groups excluding tert-OH is 3. The number of hydrogen-bond donors (Lipinski definition) is 3. The second kappa shape index (κ2) is 8.35. The number of Topliss-reactive ketones (excluding diaryl/α,β-unsaturated/α-hetero) is 1. The highest BCUT2D eigenvalue weighted by Gasteiger charge is 2.38. The van der Waals surface area contributed by atoms with Gasteiger partial charge in [0.05, 0.1) is 0 Å². The van der Waals surface area contributed by atoms with Gasteiger partial charge in [0.15, 0.2) is 24.8 Å². The third-order valence-corrected chi connectivity index (χ3v) is 5.83. The molecule has 0 aliphatic carbocycles. The first-order chi connectivity index (χ1) is 8.06. The highest BCUT2D eigenvalue weighted by molar-refractivity contribution is 9.10. The number of ketones is 1. The molecule has 7 heteroatoms. The summed E-state index contributed by atoms with van der Waals surface area (Å²) in [5.74, 6) is -0.164. The average molecular weight is 402 g/mol. The molecule has 0 heterocycles. The smallest absolute Gasteiger partial charge is 0.200 e. The van der Waals surface area contributed by atoms with E-state index in [1.807, 2.05) is 0 Å². The van der Waals surface area contributed by atoms with Crippen molar-refractivity contribution in [3.8, 4) is 0 Å². The van der Waals surface area contributed by atoms with E-state index in [9.17, 15) is 20.1 Å². The van der Waals surface area contributed by atoms with Crippen molar-refractivity contribution < 1.29 is 37.1 Å². The van der Waals surface area contributed by atoms with E-state index in [4.69, 9.17) is 0 Å². The Kier molecular flexibility index (Phi) is 8.43. The predicted molar refractivity (Wildman–Crippen MR) is 71.5 cm³/mol. The van der Waals surface area contributed by atoms with Crippen LogP contribution in [0.25, 0.3) is 0 Å². The van der Waals surface area contributed by atoms with E-state index >= 15 is 0 Å². The molecule has 0 amide bonds. The maximum Gasteiger partial charge on any atom is 0.200 e. The quantitative estimate of drug-likeness (QED) is 0.400. The largest absolute Gasteiger partial charge is 1.00 e. The first-order valence-electron chi connectivity index (χ1n) is 5.03. The number of hydrogen-bond acceptors (Lipinski definition) is 4. The SMILES string of the molecule is O=C(C[P+](CO)(CO)CO)c1ccc(Br)cc1.[Br-]. The van der Waals surface area contributed by atoms with Crippen molar-refractivity contribution in [1.29, 1.82) is 0 Å². The van der Waals surface area contributed by atoms with E-state index in [2.05, 4.69) is 15.9 Å². The molecule has 0 spiro atoms. The number of carbonyl (C=O) groups is 1. The summed E-state index contributed by atoms with van der Waals surface area (Å²) in [5.41, 5.74) is 0.521. The van der Waals surface area contributed by atoms with Crippen molar-refractivity contribution >= 4 is 29.0 Å². The summed E-state index contributed by atoms with van der Waals surface area (Å²) >= 11 is 3.27. The van der Waals surface area contributed by atoms with Crippen LogP contribution in [0, 0.1) is 0 Å². The van der Waals surface area contributed by atoms with Crippen LogP contribution in [0.15, 0.2) is 28.7 Å². The molecule has 1 rings (SSSR count). The fraction of sp³-hybridized carbons (Fsp3) is 0.364. The lowest BCUT2D eigenvalue weighted by Crippen LogP contribution is -3.00. The van der Waals surface area contributed by atoms with Gasteiger partial charge >= 0.3 is 0 Å². The van der Waals surface area contributed by atoms with Crippen LogP contribution in [0.5, 0.6) is 0 Å². The second-order valence-corrected chi connectivity index (χ2v) is 8.62. The van der Waals surface area contributed by atoms with Gasteiger partial charge < -0.3 is 32.3 Å². The molecule has 0 bridgehead atoms. The number of halogens is 2. The Hall–Kier alpha value is 0.160. The van der Waals surface area contributed by atoms with E-state index in [1.54, 1.807) is 24.3 Å². The molecule has 0 unspecified atom stereocenters. The van der Waals surface area contributed by atoms with Gasteiger partial charge in [-0.25, -0.2) is 0 Å². The maximum atomic E-state index is 11.9. The molecule has 4 nitrogen and oxygen atoms in total. The summed E-state index contributed by atoms with van der Waals surface area (Å²) in [7, 11) is -2.37. The summed E-state index contributed by atoms with van der Waals surface area (Å²) in [6.07, 6.45) is -0.926. The maximum absolute atomic E-state index is 11.9. The van der Waals surface area contributed by atoms with E-state index in [1.165, 1.54) is 0 Å². The summed E-state index contributed by atoms with van der Waals surface area (Å²) in [6, 6.07) is 6.86. The lowest BCUT2D eigenvalue weighted by molar-refractivity contribution is -0.0000135. The molecule has 102 valence electrons. The zero-order chi connectivity index (χ0) is 12.9. The topological polar surface area (TPSA) is 77.8 Å². The summed E-state index contributed by atoms with van der Waals surface area (Å²) in [5, 5.41) is 27.6. The first-order valence-corrected chi connectivity index (χ1v) is 8.35. The van der Waals surface area contributed by atoms with Crippen LogP contribution in [0.2, 0.25) is 0 Å². The van der Waals surface area contributed by atoms with E-state index < -0.39 is 7.26 Å². The van der Waals surface area contributed by atoms with Crippen LogP contribution in [0.4, 0.5) is 0 Å². The van der Waals surface area contributed by atoms with Gasteiger partial charge in [-0.1, -0.05) is 28.1 Å². The molecule has 0 atom stereocenters. The highest BCUT2D eigenvalue weighted by atomic mass is 79.9. The Labute approximate surface area is 125 Å². The van der Waals surface area contributed by atoms with Crippen molar-refractivity contribution in [1.82, 2.24) is 0 Å². The molecular formula is C11H15Br2O4P. The fourth-order valence-electron chi connectivity index (χ4n) is 1.32. The van der Waals surface area contributed by atoms with Crippen molar-refractivity contribution in [2.75, 3.05) is 25.2 Å². The Morgan fingerprint density at radius 2 is 1.50 bits per heavy atom. The van der Waals surface area contributed by atoms with Gasteiger partial charge in [-0.3, -0.25) is 4.79 Å². The molecule has 0 fully saturated rings. The first kappa shape index (κ1) is 18.2. The molecule has 0 saturated heterocycles. The van der Waals surface area contributed by atoms with Gasteiger partial charge in [0.1, 0.15) is 13.4 Å². The standard InChI is InChI=1S/C11H15BrO4P.BrH/c12-10-3-1-9(2-4-10)11(16)5-17(6-13,7-14)8-15;/h1-4,13-15H,5-8H2;1H/q+1;/p-1. The minimum atomic E-state index is -2.37. The van der Waals surface area contributed by atoms with E-state index in [0.717, 1.165) is 4.47 Å². The highest BCUT2D eigenvalue weighted by Crippen LogP contribution is 2.56. The van der Waals surface area contributed by atoms with Crippen molar-refractivity contribution in [2.45, 2.75) is 0 Å². The third-order valence-electron chi connectivity index (χ3n) is 2.55. The van der Waals surface area contributed by atoms with Gasteiger partial charge in [0.2, 0.25) is 0 Å². The van der Waals surface area contributed by atoms with Crippen LogP contribution < -0.4 is 17.0 Å². The molecule has 0 saturated carbocycles. The molecule has 3 N–H and O–H groups in total. The number of benzene rings is 1. The molecule has 0 radical (unpaired) electrons. The summed E-state index contributed by atoms with van der Waals surface area (Å²) in [6.45, 7) is 0. The van der Waals surface area contributed by atoms with E-state index in [0.29, 0.717) is 5.56 Å². The monoisotopic (exact) mass is 400 g/mol. The average Bonchev–Trinajstić information content (AvgIpc) is 2.37. The summed E-state index contributed by atoms with van der Waals surface area (Å²) in [4.78, 5) is 11.9. The second-order valence-electron chi connectivity index (χ2n) is 3.85. The predicted octanol–water partition coefficient (Wildman–Crippen LogP) is -1.50. The van der Waals surface area contributed by atoms with Crippen LogP contribution in [0.1, 0.15) is 10.4 Å². The Morgan fingerprint density at radius 3 is 1.89 bits per heavy atom. The van der Waals surface area contributed by atoms with Gasteiger partial charge in [0, 0.05) is 10.0 Å². The lowest BCUT2D eigenvalue weighted by Gasteiger charge is -2.19. The number of rotatable bonds is 6. The molecule has 18 heavy (non-hydrogen) atoms. The minimum Gasteiger partial charge on any atom is -1.00 e. The van der Waals surface area contributed by atoms with Crippen molar-refractivity contribution in [2.24, 2.45) is 0 Å². The van der Waals surface area contributed by atoms with Gasteiger partial charge in [-0.2, -0.15) is 0 Å². The molecule has 0 aliphatic rings. The van der Waals surface area contributed by atoms with Crippen LogP contribution >= 0.6 is 23.2 Å². The summed E-state index contributed by atoms with van der Waals surface area (Å²) < 4.78 is 0.876. The van der Waals surface area contributed by atoms with Crippen LogP contribution in [-0.2, 0) is 0 Å². The molecule has 0 aliphatic heterocycles. The fourth-order valence-corrected chi connectivity index (χ4v) is 2.94. The Morgan fingerprint density at radius 1 is 1.06 bits per heavy atom. The Bertz CT molecular complexity index is 371. The third kappa shape index (κ3) is 4.68. The molecule has 1 aromatic carbocycles. The number of aliphatic hydroxyl groups is 3. The molecular weight excluding hydrogens is 387 g/mol. The number of carbonyl (C=O) groups excluding carboxylic acids is 1. The minimum absolute atomic E-state index is 0. The normalized spacial score (nSPS) is 10.9. The van der Waals surface area contributed by atoms with Gasteiger partial charge in [0.25, 0.3) is 0 Å². The molecule has 1 aromatic rings. The van der Waals surface area contributed by atoms with Crippen LogP contribution in [-0.4, -0.2) is 46.3 Å². The zero-order valence-electron chi connectivity index (χ0n) is 9.59. The van der Waals surface area contributed by atoms with E-state index in [-0.39, 0.29) is 48.0 Å². The lowest BCUT2D eigenvalue weighted by atomic mass is 10.2. The van der Waals surface area contributed by atoms with Gasteiger partial charge in [-0.05, 0) is 12.1 Å². The van der Waals surface area contributed by atoms with Crippen molar-refractivity contribution in [3.05, 3.63) is 34.3 Å². The Balaban J connectivity index is 0.00000289. The zero-order valence-corrected chi connectivity index (χ0v) is 13.7. The van der Waals surface area contributed by atoms with Gasteiger partial charge in [-0.15, -0.1) is 0 Å². The molecule has 0 aromatic heterocycles. The van der Waals surface area contributed by atoms with Crippen LogP contribution in [0.3, 0.4) is 0 Å².